The minimum atomic E-state index is 0.0399. The molecule has 3 nitrogen and oxygen atoms in total. The number of fused-ring (bicyclic) bond motifs is 3. The van der Waals surface area contributed by atoms with E-state index in [-0.39, 0.29) is 5.56 Å². The molecule has 0 aliphatic heterocycles. The number of benzene rings is 1. The zero-order valence-electron chi connectivity index (χ0n) is 9.27. The van der Waals surface area contributed by atoms with Crippen LogP contribution in [0.5, 0.6) is 0 Å². The van der Waals surface area contributed by atoms with E-state index in [1.165, 1.54) is 5.56 Å². The van der Waals surface area contributed by atoms with Crippen molar-refractivity contribution in [3.8, 4) is 0 Å². The SMILES string of the molecule is Cc1cccc2c1cc1c(=O)n(C)ccn12. The molecule has 0 aliphatic carbocycles. The Bertz CT molecular complexity index is 750. The van der Waals surface area contributed by atoms with Crippen LogP contribution in [-0.2, 0) is 7.05 Å². The maximum atomic E-state index is 12.0. The van der Waals surface area contributed by atoms with Crippen LogP contribution in [0.25, 0.3) is 16.4 Å². The lowest BCUT2D eigenvalue weighted by Gasteiger charge is -2.00. The van der Waals surface area contributed by atoms with Crippen molar-refractivity contribution < 1.29 is 0 Å². The summed E-state index contributed by atoms with van der Waals surface area (Å²) in [7, 11) is 1.77. The van der Waals surface area contributed by atoms with Crippen LogP contribution in [0.3, 0.4) is 0 Å². The maximum absolute atomic E-state index is 12.0. The first kappa shape index (κ1) is 9.21. The maximum Gasteiger partial charge on any atom is 0.274 e. The highest BCUT2D eigenvalue weighted by Crippen LogP contribution is 2.21. The van der Waals surface area contributed by atoms with Crippen molar-refractivity contribution in [3.63, 3.8) is 0 Å². The molecular weight excluding hydrogens is 200 g/mol. The van der Waals surface area contributed by atoms with Gasteiger partial charge in [-0.15, -0.1) is 0 Å². The van der Waals surface area contributed by atoms with E-state index in [4.69, 9.17) is 0 Å². The summed E-state index contributed by atoms with van der Waals surface area (Å²) >= 11 is 0. The molecule has 0 radical (unpaired) electrons. The Hall–Kier alpha value is -2.03. The lowest BCUT2D eigenvalue weighted by Crippen LogP contribution is -2.17. The van der Waals surface area contributed by atoms with Crippen LogP contribution >= 0.6 is 0 Å². The molecular formula is C13H12N2O. The van der Waals surface area contributed by atoms with Crippen LogP contribution in [0.4, 0.5) is 0 Å². The third-order valence-corrected chi connectivity index (χ3v) is 3.08. The fourth-order valence-corrected chi connectivity index (χ4v) is 2.14. The van der Waals surface area contributed by atoms with Gasteiger partial charge in [0.25, 0.3) is 5.56 Å². The predicted octanol–water partition coefficient (Wildman–Crippen LogP) is 2.10. The van der Waals surface area contributed by atoms with Crippen molar-refractivity contribution in [3.05, 3.63) is 52.6 Å². The minimum Gasteiger partial charge on any atom is -0.315 e. The van der Waals surface area contributed by atoms with Crippen LogP contribution < -0.4 is 5.56 Å². The first-order valence-electron chi connectivity index (χ1n) is 5.24. The van der Waals surface area contributed by atoms with Gasteiger partial charge in [0, 0.05) is 24.8 Å². The van der Waals surface area contributed by atoms with Gasteiger partial charge in [-0.05, 0) is 24.6 Å². The van der Waals surface area contributed by atoms with Crippen molar-refractivity contribution in [2.75, 3.05) is 0 Å². The molecule has 2 heterocycles. The third-order valence-electron chi connectivity index (χ3n) is 3.08. The molecule has 3 aromatic rings. The van der Waals surface area contributed by atoms with Gasteiger partial charge < -0.3 is 8.97 Å². The highest BCUT2D eigenvalue weighted by molar-refractivity contribution is 5.89. The standard InChI is InChI=1S/C13H12N2O/c1-9-4-3-5-11-10(9)8-12-13(16)14(2)6-7-15(11)12/h3-8H,1-2H3. The van der Waals surface area contributed by atoms with Crippen molar-refractivity contribution in [1.29, 1.82) is 0 Å². The summed E-state index contributed by atoms with van der Waals surface area (Å²) in [5.74, 6) is 0. The van der Waals surface area contributed by atoms with Gasteiger partial charge in [-0.1, -0.05) is 12.1 Å². The lowest BCUT2D eigenvalue weighted by atomic mass is 10.1. The molecule has 16 heavy (non-hydrogen) atoms. The van der Waals surface area contributed by atoms with Gasteiger partial charge >= 0.3 is 0 Å². The summed E-state index contributed by atoms with van der Waals surface area (Å²) in [6.45, 7) is 2.06. The average Bonchev–Trinajstić information content (AvgIpc) is 2.65. The molecule has 0 saturated carbocycles. The van der Waals surface area contributed by atoms with E-state index in [9.17, 15) is 4.79 Å². The summed E-state index contributed by atoms with van der Waals surface area (Å²) in [6.07, 6.45) is 3.72. The number of nitrogens with zero attached hydrogens (tertiary/aromatic N) is 2. The Morgan fingerprint density at radius 1 is 1.12 bits per heavy atom. The largest absolute Gasteiger partial charge is 0.315 e. The number of hydrogen-bond donors (Lipinski definition) is 0. The number of aromatic nitrogens is 2. The second-order valence-electron chi connectivity index (χ2n) is 4.12. The van der Waals surface area contributed by atoms with Gasteiger partial charge in [0.15, 0.2) is 0 Å². The summed E-state index contributed by atoms with van der Waals surface area (Å²) in [5, 5.41) is 1.14. The van der Waals surface area contributed by atoms with Crippen molar-refractivity contribution in [2.45, 2.75) is 6.92 Å². The van der Waals surface area contributed by atoms with E-state index in [0.717, 1.165) is 16.4 Å². The fourth-order valence-electron chi connectivity index (χ4n) is 2.14. The van der Waals surface area contributed by atoms with Gasteiger partial charge in [-0.2, -0.15) is 0 Å². The molecule has 0 amide bonds. The normalized spacial score (nSPS) is 11.4. The van der Waals surface area contributed by atoms with Crippen molar-refractivity contribution in [2.24, 2.45) is 7.05 Å². The smallest absolute Gasteiger partial charge is 0.274 e. The van der Waals surface area contributed by atoms with Gasteiger partial charge in [-0.25, -0.2) is 0 Å². The quantitative estimate of drug-likeness (QED) is 0.560. The minimum absolute atomic E-state index is 0.0399. The van der Waals surface area contributed by atoms with E-state index in [1.807, 2.05) is 28.8 Å². The number of aryl methyl sites for hydroxylation is 2. The Balaban J connectivity index is 2.66. The van der Waals surface area contributed by atoms with Crippen molar-refractivity contribution >= 4 is 16.4 Å². The third kappa shape index (κ3) is 1.05. The zero-order chi connectivity index (χ0) is 11.3. The van der Waals surface area contributed by atoms with Gasteiger partial charge in [0.2, 0.25) is 0 Å². The van der Waals surface area contributed by atoms with E-state index in [1.54, 1.807) is 17.8 Å². The second-order valence-corrected chi connectivity index (χ2v) is 4.12. The van der Waals surface area contributed by atoms with Crippen LogP contribution in [0.2, 0.25) is 0 Å². The predicted molar refractivity (Wildman–Crippen MR) is 64.9 cm³/mol. The summed E-state index contributed by atoms with van der Waals surface area (Å²) in [6, 6.07) is 8.08. The van der Waals surface area contributed by atoms with Crippen LogP contribution in [0, 0.1) is 6.92 Å². The molecule has 0 bridgehead atoms. The summed E-state index contributed by atoms with van der Waals surface area (Å²) in [5.41, 5.74) is 3.06. The van der Waals surface area contributed by atoms with Gasteiger partial charge in [-0.3, -0.25) is 4.79 Å². The molecule has 0 spiro atoms. The summed E-state index contributed by atoms with van der Waals surface area (Å²) in [4.78, 5) is 12.0. The molecule has 0 unspecified atom stereocenters. The van der Waals surface area contributed by atoms with Crippen LogP contribution in [0.1, 0.15) is 5.56 Å². The molecule has 3 heteroatoms. The molecule has 0 atom stereocenters. The Morgan fingerprint density at radius 3 is 2.75 bits per heavy atom. The Morgan fingerprint density at radius 2 is 1.94 bits per heavy atom. The lowest BCUT2D eigenvalue weighted by molar-refractivity contribution is 0.850. The topological polar surface area (TPSA) is 26.4 Å². The first-order valence-corrected chi connectivity index (χ1v) is 5.24. The highest BCUT2D eigenvalue weighted by atomic mass is 16.1. The molecule has 1 aromatic carbocycles. The molecule has 0 aliphatic rings. The van der Waals surface area contributed by atoms with Crippen LogP contribution in [-0.4, -0.2) is 8.97 Å². The van der Waals surface area contributed by atoms with Gasteiger partial charge in [0.05, 0.1) is 5.52 Å². The zero-order valence-corrected chi connectivity index (χ0v) is 9.27. The van der Waals surface area contributed by atoms with E-state index in [0.29, 0.717) is 0 Å². The Kier molecular flexibility index (Phi) is 1.72. The highest BCUT2D eigenvalue weighted by Gasteiger charge is 2.07. The molecule has 0 saturated heterocycles. The molecule has 0 fully saturated rings. The molecule has 80 valence electrons. The van der Waals surface area contributed by atoms with Gasteiger partial charge in [0.1, 0.15) is 5.52 Å². The Labute approximate surface area is 92.6 Å². The second kappa shape index (κ2) is 2.98. The average molecular weight is 212 g/mol. The number of rotatable bonds is 0. The van der Waals surface area contributed by atoms with Crippen molar-refractivity contribution in [1.82, 2.24) is 8.97 Å². The van der Waals surface area contributed by atoms with E-state index in [2.05, 4.69) is 13.0 Å². The first-order chi connectivity index (χ1) is 7.68. The molecule has 2 aromatic heterocycles. The molecule has 0 N–H and O–H groups in total. The monoisotopic (exact) mass is 212 g/mol. The van der Waals surface area contributed by atoms with Crippen LogP contribution in [0.15, 0.2) is 41.5 Å². The van der Waals surface area contributed by atoms with E-state index < -0.39 is 0 Å². The fraction of sp³-hybridized carbons (Fsp3) is 0.154. The van der Waals surface area contributed by atoms with E-state index >= 15 is 0 Å². The number of hydrogen-bond acceptors (Lipinski definition) is 1. The summed E-state index contributed by atoms with van der Waals surface area (Å²) < 4.78 is 3.55. The molecule has 3 rings (SSSR count).